The predicted octanol–water partition coefficient (Wildman–Crippen LogP) is 3.91. The fourth-order valence-corrected chi connectivity index (χ4v) is 4.89. The quantitative estimate of drug-likeness (QED) is 0.631. The van der Waals surface area contributed by atoms with Crippen molar-refractivity contribution < 1.29 is 0 Å². The molecule has 0 saturated carbocycles. The van der Waals surface area contributed by atoms with Crippen LogP contribution in [-0.4, -0.2) is 44.5 Å². The molecule has 1 atom stereocenters. The summed E-state index contributed by atoms with van der Waals surface area (Å²) in [7, 11) is 0. The molecule has 0 spiro atoms. The van der Waals surface area contributed by atoms with E-state index in [2.05, 4.69) is 44.9 Å². The minimum atomic E-state index is 0.382. The third-order valence-corrected chi connectivity index (χ3v) is 6.44. The zero-order chi connectivity index (χ0) is 21.0. The van der Waals surface area contributed by atoms with Gasteiger partial charge in [0.2, 0.25) is 0 Å². The monoisotopic (exact) mass is 414 g/mol. The summed E-state index contributed by atoms with van der Waals surface area (Å²) in [6.07, 6.45) is 10.2. The number of aromatic nitrogens is 4. The predicted molar refractivity (Wildman–Crippen MR) is 122 cm³/mol. The Bertz CT molecular complexity index is 1010. The topological polar surface area (TPSA) is 58.0 Å². The van der Waals surface area contributed by atoms with Crippen LogP contribution in [0.1, 0.15) is 53.5 Å². The van der Waals surface area contributed by atoms with Crippen LogP contribution in [0.3, 0.4) is 0 Å². The smallest absolute Gasteiger partial charge is 0.136 e. The Morgan fingerprint density at radius 2 is 1.97 bits per heavy atom. The molecule has 0 radical (unpaired) electrons. The molecule has 1 unspecified atom stereocenters. The number of nitrogens with zero attached hydrogens (tertiary/aromatic N) is 6. The Morgan fingerprint density at radius 3 is 2.81 bits per heavy atom. The van der Waals surface area contributed by atoms with Crippen molar-refractivity contribution in [2.75, 3.05) is 24.5 Å². The SMILES string of the molecule is Cc1nc(C2CCCN(Cc3cccnc3)C2)nc2c1CCCN2Cc1ccccn1. The largest absolute Gasteiger partial charge is 0.350 e. The van der Waals surface area contributed by atoms with Crippen molar-refractivity contribution in [3.8, 4) is 0 Å². The van der Waals surface area contributed by atoms with Gasteiger partial charge >= 0.3 is 0 Å². The third-order valence-electron chi connectivity index (χ3n) is 6.44. The van der Waals surface area contributed by atoms with Crippen LogP contribution in [0.15, 0.2) is 48.9 Å². The van der Waals surface area contributed by atoms with E-state index >= 15 is 0 Å². The van der Waals surface area contributed by atoms with Gasteiger partial charge in [-0.25, -0.2) is 9.97 Å². The molecule has 1 saturated heterocycles. The molecule has 1 fully saturated rings. The molecule has 0 aliphatic carbocycles. The molecular weight excluding hydrogens is 384 g/mol. The van der Waals surface area contributed by atoms with Gasteiger partial charge in [0.1, 0.15) is 11.6 Å². The summed E-state index contributed by atoms with van der Waals surface area (Å²) < 4.78 is 0. The average molecular weight is 415 g/mol. The summed E-state index contributed by atoms with van der Waals surface area (Å²) >= 11 is 0. The molecule has 2 aliphatic heterocycles. The first-order valence-electron chi connectivity index (χ1n) is 11.4. The maximum atomic E-state index is 5.16. The zero-order valence-electron chi connectivity index (χ0n) is 18.2. The molecule has 2 aliphatic rings. The molecular formula is C25H30N6. The van der Waals surface area contributed by atoms with Crippen LogP contribution in [0.25, 0.3) is 0 Å². The maximum absolute atomic E-state index is 5.16. The first-order chi connectivity index (χ1) is 15.3. The molecule has 0 amide bonds. The van der Waals surface area contributed by atoms with Crippen LogP contribution in [0.5, 0.6) is 0 Å². The number of pyridine rings is 2. The highest BCUT2D eigenvalue weighted by atomic mass is 15.2. The zero-order valence-corrected chi connectivity index (χ0v) is 18.2. The summed E-state index contributed by atoms with van der Waals surface area (Å²) in [4.78, 5) is 23.9. The molecule has 0 N–H and O–H groups in total. The minimum absolute atomic E-state index is 0.382. The van der Waals surface area contributed by atoms with Crippen molar-refractivity contribution in [2.24, 2.45) is 0 Å². The van der Waals surface area contributed by atoms with Crippen molar-refractivity contribution in [3.05, 3.63) is 77.3 Å². The van der Waals surface area contributed by atoms with Gasteiger partial charge in [-0.15, -0.1) is 0 Å². The molecule has 3 aromatic heterocycles. The van der Waals surface area contributed by atoms with Crippen LogP contribution in [0, 0.1) is 6.92 Å². The van der Waals surface area contributed by atoms with Gasteiger partial charge in [-0.2, -0.15) is 0 Å². The second-order valence-electron chi connectivity index (χ2n) is 8.75. The lowest BCUT2D eigenvalue weighted by Crippen LogP contribution is -2.36. The van der Waals surface area contributed by atoms with Crippen LogP contribution in [0.2, 0.25) is 0 Å². The van der Waals surface area contributed by atoms with E-state index in [0.717, 1.165) is 75.0 Å². The number of aryl methyl sites for hydroxylation is 1. The molecule has 160 valence electrons. The van der Waals surface area contributed by atoms with E-state index in [1.54, 1.807) is 0 Å². The van der Waals surface area contributed by atoms with Gasteiger partial charge in [0.15, 0.2) is 0 Å². The summed E-state index contributed by atoms with van der Waals surface area (Å²) in [5, 5.41) is 0. The van der Waals surface area contributed by atoms with Crippen LogP contribution < -0.4 is 4.90 Å². The maximum Gasteiger partial charge on any atom is 0.136 e. The highest BCUT2D eigenvalue weighted by Gasteiger charge is 2.28. The van der Waals surface area contributed by atoms with Crippen molar-refractivity contribution in [2.45, 2.75) is 51.6 Å². The molecule has 5 rings (SSSR count). The van der Waals surface area contributed by atoms with Crippen molar-refractivity contribution in [1.29, 1.82) is 0 Å². The van der Waals surface area contributed by atoms with Crippen molar-refractivity contribution in [1.82, 2.24) is 24.8 Å². The number of hydrogen-bond donors (Lipinski definition) is 0. The van der Waals surface area contributed by atoms with Crippen LogP contribution in [0.4, 0.5) is 5.82 Å². The molecule has 6 heteroatoms. The molecule has 31 heavy (non-hydrogen) atoms. The number of rotatable bonds is 5. The number of fused-ring (bicyclic) bond motifs is 1. The molecule has 0 bridgehead atoms. The van der Waals surface area contributed by atoms with Gasteiger partial charge in [0.25, 0.3) is 0 Å². The minimum Gasteiger partial charge on any atom is -0.350 e. The van der Waals surface area contributed by atoms with E-state index in [1.807, 2.05) is 30.7 Å². The van der Waals surface area contributed by atoms with Gasteiger partial charge < -0.3 is 4.90 Å². The number of piperidine rings is 1. The standard InChI is InChI=1S/C25H30N6/c1-19-23-10-6-14-31(18-22-9-2-3-12-27-22)25(23)29-24(28-19)21-8-5-13-30(17-21)16-20-7-4-11-26-15-20/h2-4,7,9,11-12,15,21H,5-6,8,10,13-14,16-18H2,1H3. The molecule has 5 heterocycles. The number of hydrogen-bond acceptors (Lipinski definition) is 6. The Hall–Kier alpha value is -2.86. The van der Waals surface area contributed by atoms with Gasteiger partial charge in [-0.05, 0) is 62.9 Å². The lowest BCUT2D eigenvalue weighted by Gasteiger charge is -2.34. The Morgan fingerprint density at radius 1 is 1.00 bits per heavy atom. The first-order valence-corrected chi connectivity index (χ1v) is 11.4. The Labute approximate surface area is 184 Å². The molecule has 6 nitrogen and oxygen atoms in total. The Balaban J connectivity index is 1.37. The third kappa shape index (κ3) is 4.59. The van der Waals surface area contributed by atoms with E-state index in [0.29, 0.717) is 5.92 Å². The van der Waals surface area contributed by atoms with E-state index in [-0.39, 0.29) is 0 Å². The van der Waals surface area contributed by atoms with Gasteiger partial charge in [-0.3, -0.25) is 14.9 Å². The fraction of sp³-hybridized carbons (Fsp3) is 0.440. The fourth-order valence-electron chi connectivity index (χ4n) is 4.89. The van der Waals surface area contributed by atoms with Crippen molar-refractivity contribution in [3.63, 3.8) is 0 Å². The van der Waals surface area contributed by atoms with E-state index < -0.39 is 0 Å². The molecule has 3 aromatic rings. The highest BCUT2D eigenvalue weighted by Crippen LogP contribution is 2.32. The molecule has 0 aromatic carbocycles. The second-order valence-corrected chi connectivity index (χ2v) is 8.75. The van der Waals surface area contributed by atoms with E-state index in [4.69, 9.17) is 9.97 Å². The normalized spacial score (nSPS) is 19.3. The second kappa shape index (κ2) is 9.10. The van der Waals surface area contributed by atoms with Gasteiger partial charge in [0.05, 0.1) is 12.2 Å². The van der Waals surface area contributed by atoms with E-state index in [9.17, 15) is 0 Å². The summed E-state index contributed by atoms with van der Waals surface area (Å²) in [5.74, 6) is 2.52. The summed E-state index contributed by atoms with van der Waals surface area (Å²) in [6, 6.07) is 10.3. The van der Waals surface area contributed by atoms with Crippen LogP contribution in [-0.2, 0) is 19.5 Å². The Kier molecular flexibility index (Phi) is 5.89. The van der Waals surface area contributed by atoms with E-state index in [1.165, 1.54) is 17.5 Å². The summed E-state index contributed by atoms with van der Waals surface area (Å²) in [5.41, 5.74) is 4.82. The number of anilines is 1. The average Bonchev–Trinajstić information content (AvgIpc) is 2.81. The lowest BCUT2D eigenvalue weighted by atomic mass is 9.95. The first kappa shape index (κ1) is 20.1. The number of likely N-dealkylation sites (tertiary alicyclic amines) is 1. The lowest BCUT2D eigenvalue weighted by molar-refractivity contribution is 0.196. The van der Waals surface area contributed by atoms with Crippen LogP contribution >= 0.6 is 0 Å². The summed E-state index contributed by atoms with van der Waals surface area (Å²) in [6.45, 7) is 7.07. The highest BCUT2D eigenvalue weighted by molar-refractivity contribution is 5.51. The van der Waals surface area contributed by atoms with Gasteiger partial charge in [0, 0.05) is 55.4 Å². The van der Waals surface area contributed by atoms with Crippen molar-refractivity contribution >= 4 is 5.82 Å². The van der Waals surface area contributed by atoms with Gasteiger partial charge in [-0.1, -0.05) is 12.1 Å².